The van der Waals surface area contributed by atoms with Crippen LogP contribution in [0.1, 0.15) is 24.1 Å². The van der Waals surface area contributed by atoms with Gasteiger partial charge >= 0.3 is 0 Å². The molecule has 3 heterocycles. The van der Waals surface area contributed by atoms with Crippen molar-refractivity contribution in [1.29, 1.82) is 0 Å². The molecule has 6 nitrogen and oxygen atoms in total. The van der Waals surface area contributed by atoms with Crippen molar-refractivity contribution in [3.05, 3.63) is 71.7 Å². The summed E-state index contributed by atoms with van der Waals surface area (Å²) in [5, 5.41) is 18.0. The summed E-state index contributed by atoms with van der Waals surface area (Å²) in [6.45, 7) is 1.30. The number of phenols is 1. The predicted octanol–water partition coefficient (Wildman–Crippen LogP) is 3.49. The lowest BCUT2D eigenvalue weighted by Crippen LogP contribution is -2.50. The van der Waals surface area contributed by atoms with E-state index in [1.165, 1.54) is 6.07 Å². The summed E-state index contributed by atoms with van der Waals surface area (Å²) in [5.41, 5.74) is 1.25. The fourth-order valence-electron chi connectivity index (χ4n) is 3.64. The first kappa shape index (κ1) is 18.3. The van der Waals surface area contributed by atoms with Gasteiger partial charge in [0.05, 0.1) is 0 Å². The molecular weight excluding hydrogens is 385 g/mol. The van der Waals surface area contributed by atoms with Crippen LogP contribution in [-0.2, 0) is 0 Å². The van der Waals surface area contributed by atoms with Crippen LogP contribution in [0.4, 0.5) is 10.2 Å². The number of benzene rings is 2. The molecular formula is C23H18FN3O3. The van der Waals surface area contributed by atoms with Crippen molar-refractivity contribution in [2.24, 2.45) is 0 Å². The van der Waals surface area contributed by atoms with E-state index in [9.17, 15) is 9.50 Å². The lowest BCUT2D eigenvalue weighted by Gasteiger charge is -2.37. The number of halogens is 1. The van der Waals surface area contributed by atoms with Crippen LogP contribution in [0, 0.1) is 17.7 Å². The molecule has 1 fully saturated rings. The Kier molecular flexibility index (Phi) is 4.40. The van der Waals surface area contributed by atoms with Gasteiger partial charge in [0.2, 0.25) is 5.75 Å². The maximum Gasteiger partial charge on any atom is 0.255 e. The lowest BCUT2D eigenvalue weighted by molar-refractivity contribution is -0.0970. The van der Waals surface area contributed by atoms with Gasteiger partial charge < -0.3 is 19.5 Å². The molecule has 0 radical (unpaired) electrons. The van der Waals surface area contributed by atoms with Crippen molar-refractivity contribution in [3.63, 3.8) is 0 Å². The summed E-state index contributed by atoms with van der Waals surface area (Å²) in [6, 6.07) is 15.1. The number of anilines is 1. The largest absolute Gasteiger partial charge is 0.508 e. The molecule has 150 valence electrons. The van der Waals surface area contributed by atoms with Gasteiger partial charge in [-0.05, 0) is 48.4 Å². The molecule has 3 aromatic rings. The zero-order valence-corrected chi connectivity index (χ0v) is 16.0. The Morgan fingerprint density at radius 3 is 2.53 bits per heavy atom. The number of rotatable bonds is 1. The van der Waals surface area contributed by atoms with E-state index in [0.717, 1.165) is 5.82 Å². The van der Waals surface area contributed by atoms with Crippen molar-refractivity contribution >= 4 is 5.82 Å². The average Bonchev–Trinajstić information content (AvgIpc) is 3.13. The maximum atomic E-state index is 13.9. The summed E-state index contributed by atoms with van der Waals surface area (Å²) < 4.78 is 25.7. The summed E-state index contributed by atoms with van der Waals surface area (Å²) in [6.07, 6.45) is 1.17. The number of ether oxygens (including phenoxy) is 2. The molecule has 7 heteroatoms. The van der Waals surface area contributed by atoms with Crippen molar-refractivity contribution in [3.8, 4) is 29.1 Å². The molecule has 1 spiro atoms. The quantitative estimate of drug-likeness (QED) is 0.628. The molecule has 0 bridgehead atoms. The van der Waals surface area contributed by atoms with E-state index in [2.05, 4.69) is 26.9 Å². The van der Waals surface area contributed by atoms with Crippen molar-refractivity contribution in [1.82, 2.24) is 10.2 Å². The Morgan fingerprint density at radius 1 is 0.967 bits per heavy atom. The molecule has 2 aromatic carbocycles. The van der Waals surface area contributed by atoms with Crippen LogP contribution in [0.5, 0.6) is 17.2 Å². The van der Waals surface area contributed by atoms with Crippen LogP contribution in [-0.4, -0.2) is 34.2 Å². The van der Waals surface area contributed by atoms with E-state index in [1.54, 1.807) is 30.3 Å². The standard InChI is InChI=1S/C23H18FN3O3/c24-19-5-2-6-20-22(19)30-23(29-20)11-13-27(14-12-23)21-10-9-17(25-26-21)8-7-16-3-1-4-18(28)15-16/h1-6,9-10,15,28H,11-14H2. The predicted molar refractivity (Wildman–Crippen MR) is 108 cm³/mol. The fourth-order valence-corrected chi connectivity index (χ4v) is 3.64. The molecule has 2 aliphatic heterocycles. The molecule has 1 aromatic heterocycles. The van der Waals surface area contributed by atoms with E-state index < -0.39 is 11.6 Å². The number of fused-ring (bicyclic) bond motifs is 1. The summed E-state index contributed by atoms with van der Waals surface area (Å²) in [5.74, 6) is 6.25. The van der Waals surface area contributed by atoms with E-state index in [4.69, 9.17) is 9.47 Å². The zero-order chi connectivity index (χ0) is 20.6. The molecule has 1 saturated heterocycles. The van der Waals surface area contributed by atoms with Crippen LogP contribution < -0.4 is 14.4 Å². The Hall–Kier alpha value is -3.79. The Balaban J connectivity index is 1.24. The van der Waals surface area contributed by atoms with Gasteiger partial charge in [0, 0.05) is 31.5 Å². The second-order valence-corrected chi connectivity index (χ2v) is 7.25. The number of aromatic hydroxyl groups is 1. The van der Waals surface area contributed by atoms with Crippen LogP contribution >= 0.6 is 0 Å². The minimum Gasteiger partial charge on any atom is -0.508 e. The van der Waals surface area contributed by atoms with Crippen molar-refractivity contribution in [2.45, 2.75) is 18.6 Å². The number of nitrogens with zero attached hydrogens (tertiary/aromatic N) is 3. The number of para-hydroxylation sites is 1. The van der Waals surface area contributed by atoms with Crippen LogP contribution in [0.2, 0.25) is 0 Å². The van der Waals surface area contributed by atoms with Crippen LogP contribution in [0.15, 0.2) is 54.6 Å². The topological polar surface area (TPSA) is 67.7 Å². The van der Waals surface area contributed by atoms with E-state index in [-0.39, 0.29) is 11.5 Å². The molecule has 0 amide bonds. The highest BCUT2D eigenvalue weighted by Crippen LogP contribution is 2.45. The van der Waals surface area contributed by atoms with E-state index >= 15 is 0 Å². The van der Waals surface area contributed by atoms with Gasteiger partial charge in [0.25, 0.3) is 5.79 Å². The molecule has 5 rings (SSSR count). The Labute approximate surface area is 172 Å². The first-order valence-electron chi connectivity index (χ1n) is 9.67. The molecule has 0 atom stereocenters. The Morgan fingerprint density at radius 2 is 1.80 bits per heavy atom. The number of hydrogen-bond donors (Lipinski definition) is 1. The summed E-state index contributed by atoms with van der Waals surface area (Å²) in [7, 11) is 0. The SMILES string of the molecule is Oc1cccc(C#Cc2ccc(N3CCC4(CC3)Oc3cccc(F)c3O4)nn2)c1. The molecule has 2 aliphatic rings. The number of phenolic OH excluding ortho intramolecular Hbond substituents is 1. The Bertz CT molecular complexity index is 1150. The third kappa shape index (κ3) is 3.48. The molecule has 30 heavy (non-hydrogen) atoms. The van der Waals surface area contributed by atoms with Crippen LogP contribution in [0.3, 0.4) is 0 Å². The minimum atomic E-state index is -0.818. The van der Waals surface area contributed by atoms with E-state index in [0.29, 0.717) is 42.9 Å². The smallest absolute Gasteiger partial charge is 0.255 e. The van der Waals surface area contributed by atoms with Crippen molar-refractivity contribution < 1.29 is 19.0 Å². The monoisotopic (exact) mass is 403 g/mol. The second kappa shape index (κ2) is 7.23. The lowest BCUT2D eigenvalue weighted by atomic mass is 10.0. The van der Waals surface area contributed by atoms with Gasteiger partial charge in [0.15, 0.2) is 17.4 Å². The van der Waals surface area contributed by atoms with Gasteiger partial charge in [-0.3, -0.25) is 0 Å². The molecule has 0 unspecified atom stereocenters. The highest BCUT2D eigenvalue weighted by Gasteiger charge is 2.45. The first-order chi connectivity index (χ1) is 14.6. The maximum absolute atomic E-state index is 13.9. The first-order valence-corrected chi connectivity index (χ1v) is 9.67. The normalized spacial score (nSPS) is 16.2. The zero-order valence-electron chi connectivity index (χ0n) is 16.0. The highest BCUT2D eigenvalue weighted by molar-refractivity contribution is 5.47. The average molecular weight is 403 g/mol. The molecule has 0 saturated carbocycles. The number of hydrogen-bond acceptors (Lipinski definition) is 6. The van der Waals surface area contributed by atoms with Gasteiger partial charge in [0.1, 0.15) is 11.4 Å². The van der Waals surface area contributed by atoms with Gasteiger partial charge in [-0.15, -0.1) is 10.2 Å². The second-order valence-electron chi connectivity index (χ2n) is 7.25. The van der Waals surface area contributed by atoms with Gasteiger partial charge in [-0.25, -0.2) is 4.39 Å². The minimum absolute atomic E-state index is 0.173. The highest BCUT2D eigenvalue weighted by atomic mass is 19.1. The van der Waals surface area contributed by atoms with Gasteiger partial charge in [-0.1, -0.05) is 18.1 Å². The van der Waals surface area contributed by atoms with Crippen molar-refractivity contribution in [2.75, 3.05) is 18.0 Å². The van der Waals surface area contributed by atoms with Crippen LogP contribution in [0.25, 0.3) is 0 Å². The van der Waals surface area contributed by atoms with Gasteiger partial charge in [-0.2, -0.15) is 0 Å². The molecule has 1 N–H and O–H groups in total. The fraction of sp³-hybridized carbons (Fsp3) is 0.217. The molecule has 0 aliphatic carbocycles. The summed E-state index contributed by atoms with van der Waals surface area (Å²) in [4.78, 5) is 2.09. The third-order valence-corrected chi connectivity index (χ3v) is 5.20. The third-order valence-electron chi connectivity index (χ3n) is 5.20. The number of piperidine rings is 1. The van der Waals surface area contributed by atoms with E-state index in [1.807, 2.05) is 18.2 Å². The number of aromatic nitrogens is 2. The summed E-state index contributed by atoms with van der Waals surface area (Å²) >= 11 is 0.